The average Bonchev–Trinajstić information content (AvgIpc) is 2.64. The Hall–Kier alpha value is -1.46. The van der Waals surface area contributed by atoms with Gasteiger partial charge >= 0.3 is 5.97 Å². The molecule has 0 radical (unpaired) electrons. The summed E-state index contributed by atoms with van der Waals surface area (Å²) in [6.45, 7) is 3.28. The number of aliphatic carboxylic acids is 1. The quantitative estimate of drug-likeness (QED) is 0.248. The van der Waals surface area contributed by atoms with Crippen molar-refractivity contribution in [3.8, 4) is 0 Å². The Morgan fingerprint density at radius 3 is 1.93 bits per heavy atom. The van der Waals surface area contributed by atoms with Crippen molar-refractivity contribution in [1.82, 2.24) is 16.0 Å². The minimum absolute atomic E-state index is 0.0718. The zero-order valence-electron chi connectivity index (χ0n) is 16.8. The van der Waals surface area contributed by atoms with Crippen molar-refractivity contribution in [3.63, 3.8) is 0 Å². The molecule has 6 N–H and O–H groups in total. The highest BCUT2D eigenvalue weighted by molar-refractivity contribution is 7.98. The molecule has 3 amide bonds. The number of nitrogens with one attached hydrogen (secondary N) is 3. The number of nitrogens with two attached hydrogens (primary N) is 1. The van der Waals surface area contributed by atoms with Crippen LogP contribution in [0, 0.1) is 5.92 Å². The molecule has 3 atom stereocenters. The van der Waals surface area contributed by atoms with Crippen molar-refractivity contribution in [2.45, 2.75) is 44.8 Å². The van der Waals surface area contributed by atoms with Gasteiger partial charge in [-0.05, 0) is 42.8 Å². The Morgan fingerprint density at radius 2 is 1.46 bits per heavy atom. The third-order valence-electron chi connectivity index (χ3n) is 3.93. The lowest BCUT2D eigenvalue weighted by Crippen LogP contribution is -2.54. The molecule has 0 fully saturated rings. The highest BCUT2D eigenvalue weighted by Crippen LogP contribution is 2.05. The van der Waals surface area contributed by atoms with Crippen molar-refractivity contribution in [1.29, 1.82) is 0 Å². The van der Waals surface area contributed by atoms with Gasteiger partial charge in [0.15, 0.2) is 0 Å². The molecule has 0 aromatic heterocycles. The lowest BCUT2D eigenvalue weighted by Gasteiger charge is -2.21. The molecule has 9 nitrogen and oxygen atoms in total. The van der Waals surface area contributed by atoms with E-state index in [1.54, 1.807) is 13.8 Å². The SMILES string of the molecule is CSCCC(NC(=O)C(CCSC)NC(=O)CNC(=O)C(N)C(C)C)C(=O)O. The van der Waals surface area contributed by atoms with Gasteiger partial charge in [0.1, 0.15) is 12.1 Å². The van der Waals surface area contributed by atoms with Crippen molar-refractivity contribution in [2.75, 3.05) is 30.6 Å². The van der Waals surface area contributed by atoms with Gasteiger partial charge in [-0.3, -0.25) is 14.4 Å². The Labute approximate surface area is 174 Å². The van der Waals surface area contributed by atoms with Crippen LogP contribution in [0.2, 0.25) is 0 Å². The normalized spacial score (nSPS) is 14.1. The van der Waals surface area contributed by atoms with Crippen LogP contribution in [-0.4, -0.2) is 77.5 Å². The average molecular weight is 437 g/mol. The zero-order chi connectivity index (χ0) is 21.7. The number of carboxylic acid groups (broad SMARTS) is 1. The van der Waals surface area contributed by atoms with E-state index in [2.05, 4.69) is 16.0 Å². The van der Waals surface area contributed by atoms with Gasteiger partial charge in [-0.15, -0.1) is 0 Å². The Balaban J connectivity index is 4.82. The predicted molar refractivity (Wildman–Crippen MR) is 113 cm³/mol. The zero-order valence-corrected chi connectivity index (χ0v) is 18.5. The van der Waals surface area contributed by atoms with E-state index in [9.17, 15) is 24.3 Å². The number of rotatable bonds is 14. The second-order valence-corrected chi connectivity index (χ2v) is 8.54. The first kappa shape index (κ1) is 26.5. The molecule has 0 bridgehead atoms. The summed E-state index contributed by atoms with van der Waals surface area (Å²) in [6.07, 6.45) is 4.34. The summed E-state index contributed by atoms with van der Waals surface area (Å²) in [5.74, 6) is -1.54. The lowest BCUT2D eigenvalue weighted by atomic mass is 10.1. The third kappa shape index (κ3) is 10.8. The molecule has 0 aliphatic heterocycles. The number of carbonyl (C=O) groups excluding carboxylic acids is 3. The maximum atomic E-state index is 12.5. The molecule has 0 aromatic rings. The standard InChI is InChI=1S/C17H32N4O5S2/c1-10(2)14(18)16(24)19-9-13(22)20-11(5-7-27-3)15(23)21-12(17(25)26)6-8-28-4/h10-12,14H,5-9,18H2,1-4H3,(H,19,24)(H,20,22)(H,21,23)(H,25,26). The molecule has 3 unspecified atom stereocenters. The minimum Gasteiger partial charge on any atom is -0.480 e. The van der Waals surface area contributed by atoms with E-state index < -0.39 is 41.8 Å². The van der Waals surface area contributed by atoms with E-state index in [1.807, 2.05) is 12.5 Å². The van der Waals surface area contributed by atoms with Gasteiger partial charge < -0.3 is 26.8 Å². The first-order valence-corrected chi connectivity index (χ1v) is 11.8. The molecule has 0 aliphatic rings. The summed E-state index contributed by atoms with van der Waals surface area (Å²) in [4.78, 5) is 47.8. The number of hydrogen-bond donors (Lipinski definition) is 5. The second-order valence-electron chi connectivity index (χ2n) is 6.57. The van der Waals surface area contributed by atoms with Crippen molar-refractivity contribution in [2.24, 2.45) is 11.7 Å². The van der Waals surface area contributed by atoms with E-state index in [0.29, 0.717) is 17.9 Å². The van der Waals surface area contributed by atoms with E-state index in [-0.39, 0.29) is 18.9 Å². The fourth-order valence-corrected chi connectivity index (χ4v) is 3.05. The van der Waals surface area contributed by atoms with Crippen LogP contribution in [0.1, 0.15) is 26.7 Å². The van der Waals surface area contributed by atoms with Gasteiger partial charge in [-0.2, -0.15) is 23.5 Å². The molecular formula is C17H32N4O5S2. The van der Waals surface area contributed by atoms with Crippen molar-refractivity contribution >= 4 is 47.2 Å². The molecule has 0 rings (SSSR count). The number of hydrogen-bond acceptors (Lipinski definition) is 7. The molecule has 0 spiro atoms. The van der Waals surface area contributed by atoms with E-state index in [0.717, 1.165) is 0 Å². The van der Waals surface area contributed by atoms with Gasteiger partial charge in [0.05, 0.1) is 12.6 Å². The van der Waals surface area contributed by atoms with Crippen LogP contribution in [-0.2, 0) is 19.2 Å². The fourth-order valence-electron chi connectivity index (χ4n) is 2.10. The van der Waals surface area contributed by atoms with E-state index >= 15 is 0 Å². The Bertz CT molecular complexity index is 534. The summed E-state index contributed by atoms with van der Waals surface area (Å²) < 4.78 is 0. The summed E-state index contributed by atoms with van der Waals surface area (Å²) in [5, 5.41) is 16.7. The molecule has 162 valence electrons. The monoisotopic (exact) mass is 436 g/mol. The van der Waals surface area contributed by atoms with Gasteiger partial charge in [0.25, 0.3) is 0 Å². The van der Waals surface area contributed by atoms with Gasteiger partial charge in [-0.25, -0.2) is 4.79 Å². The molecule has 0 aromatic carbocycles. The third-order valence-corrected chi connectivity index (χ3v) is 5.22. The Kier molecular flexibility index (Phi) is 13.8. The maximum absolute atomic E-state index is 12.5. The van der Waals surface area contributed by atoms with Crippen molar-refractivity contribution < 1.29 is 24.3 Å². The van der Waals surface area contributed by atoms with Crippen molar-refractivity contribution in [3.05, 3.63) is 0 Å². The number of thioether (sulfide) groups is 2. The van der Waals surface area contributed by atoms with E-state index in [4.69, 9.17) is 5.73 Å². The second kappa shape index (κ2) is 14.5. The molecule has 0 saturated carbocycles. The topological polar surface area (TPSA) is 151 Å². The molecular weight excluding hydrogens is 404 g/mol. The number of carbonyl (C=O) groups is 4. The smallest absolute Gasteiger partial charge is 0.326 e. The van der Waals surface area contributed by atoms with Gasteiger partial charge in [0, 0.05) is 0 Å². The van der Waals surface area contributed by atoms with Crippen LogP contribution in [0.4, 0.5) is 0 Å². The summed E-state index contributed by atoms with van der Waals surface area (Å²) in [6, 6.07) is -2.62. The van der Waals surface area contributed by atoms with Crippen LogP contribution in [0.15, 0.2) is 0 Å². The van der Waals surface area contributed by atoms with Gasteiger partial charge in [0.2, 0.25) is 17.7 Å². The highest BCUT2D eigenvalue weighted by atomic mass is 32.2. The van der Waals surface area contributed by atoms with Crippen LogP contribution in [0.3, 0.4) is 0 Å². The summed E-state index contributed by atoms with van der Waals surface area (Å²) >= 11 is 2.98. The molecule has 0 aliphatic carbocycles. The highest BCUT2D eigenvalue weighted by Gasteiger charge is 2.26. The number of carboxylic acids is 1. The molecule has 0 saturated heterocycles. The van der Waals surface area contributed by atoms with Crippen LogP contribution in [0.5, 0.6) is 0 Å². The number of amides is 3. The molecule has 11 heteroatoms. The largest absolute Gasteiger partial charge is 0.480 e. The van der Waals surface area contributed by atoms with Crippen LogP contribution < -0.4 is 21.7 Å². The Morgan fingerprint density at radius 1 is 0.929 bits per heavy atom. The minimum atomic E-state index is -1.12. The lowest BCUT2D eigenvalue weighted by molar-refractivity contribution is -0.142. The van der Waals surface area contributed by atoms with Crippen LogP contribution in [0.25, 0.3) is 0 Å². The molecule has 28 heavy (non-hydrogen) atoms. The summed E-state index contributed by atoms with van der Waals surface area (Å²) in [5.41, 5.74) is 5.72. The summed E-state index contributed by atoms with van der Waals surface area (Å²) in [7, 11) is 0. The van der Waals surface area contributed by atoms with Crippen LogP contribution >= 0.6 is 23.5 Å². The first-order valence-electron chi connectivity index (χ1n) is 8.97. The first-order chi connectivity index (χ1) is 13.1. The maximum Gasteiger partial charge on any atom is 0.326 e. The van der Waals surface area contributed by atoms with Gasteiger partial charge in [-0.1, -0.05) is 13.8 Å². The molecule has 0 heterocycles. The van der Waals surface area contributed by atoms with E-state index in [1.165, 1.54) is 23.5 Å². The predicted octanol–water partition coefficient (Wildman–Crippen LogP) is -0.354. The fraction of sp³-hybridized carbons (Fsp3) is 0.765.